The minimum absolute atomic E-state index is 0.0520. The van der Waals surface area contributed by atoms with E-state index in [-0.39, 0.29) is 23.1 Å². The molecule has 29 heavy (non-hydrogen) atoms. The van der Waals surface area contributed by atoms with E-state index in [1.165, 1.54) is 38.1 Å². The minimum Gasteiger partial charge on any atom is -0.326 e. The van der Waals surface area contributed by atoms with Gasteiger partial charge >= 0.3 is 0 Å². The fraction of sp³-hybridized carbons (Fsp3) is 0.158. The van der Waals surface area contributed by atoms with Gasteiger partial charge in [0.25, 0.3) is 21.8 Å². The predicted molar refractivity (Wildman–Crippen MR) is 106 cm³/mol. The molecule has 2 N–H and O–H groups in total. The molecule has 0 saturated carbocycles. The lowest BCUT2D eigenvalue weighted by atomic mass is 10.1. The van der Waals surface area contributed by atoms with Gasteiger partial charge in [-0.2, -0.15) is 13.5 Å². The first-order chi connectivity index (χ1) is 13.7. The lowest BCUT2D eigenvalue weighted by Crippen LogP contribution is -2.35. The van der Waals surface area contributed by atoms with Crippen LogP contribution in [0.5, 0.6) is 0 Å². The molecule has 0 spiro atoms. The van der Waals surface area contributed by atoms with E-state index in [0.717, 1.165) is 4.90 Å². The molecule has 0 fully saturated rings. The molecule has 9 nitrogen and oxygen atoms in total. The summed E-state index contributed by atoms with van der Waals surface area (Å²) < 4.78 is 24.7. The van der Waals surface area contributed by atoms with Crippen molar-refractivity contribution in [3.05, 3.63) is 59.7 Å². The summed E-state index contributed by atoms with van der Waals surface area (Å²) in [5.41, 5.74) is 1.31. The Morgan fingerprint density at radius 3 is 2.03 bits per heavy atom. The molecule has 2 aromatic carbocycles. The van der Waals surface area contributed by atoms with Crippen LogP contribution in [0.1, 0.15) is 34.6 Å². The number of nitrogens with one attached hydrogen (secondary N) is 2. The first-order valence-electron chi connectivity index (χ1n) is 8.57. The van der Waals surface area contributed by atoms with Crippen LogP contribution in [-0.4, -0.2) is 43.3 Å². The van der Waals surface area contributed by atoms with E-state index in [1.54, 1.807) is 24.3 Å². The average molecular weight is 414 g/mol. The predicted octanol–water partition coefficient (Wildman–Crippen LogP) is 1.60. The van der Waals surface area contributed by atoms with Gasteiger partial charge in [-0.3, -0.25) is 19.3 Å². The molecule has 0 bridgehead atoms. The van der Waals surface area contributed by atoms with E-state index in [4.69, 9.17) is 0 Å². The lowest BCUT2D eigenvalue weighted by Gasteiger charge is -2.13. The Bertz CT molecular complexity index is 1090. The molecular formula is C19H18N4O5S. The van der Waals surface area contributed by atoms with E-state index in [9.17, 15) is 22.8 Å². The molecule has 3 amide bonds. The zero-order valence-corrected chi connectivity index (χ0v) is 16.5. The molecule has 0 saturated heterocycles. The van der Waals surface area contributed by atoms with Gasteiger partial charge in [-0.05, 0) is 43.3 Å². The van der Waals surface area contributed by atoms with E-state index >= 15 is 0 Å². The molecule has 1 aliphatic rings. The standard InChI is InChI=1S/C19H18N4O5S/c1-12(11-23-18(25)16-5-3-4-6-17(16)19(23)26)21-22-29(27,28)15-9-7-14(8-10-15)20-13(2)24/h3-10,22H,11H2,1-2H3,(H,20,24)/b21-12+. The Labute approximate surface area is 167 Å². The van der Waals surface area contributed by atoms with Crippen LogP contribution in [0, 0.1) is 0 Å². The van der Waals surface area contributed by atoms with Gasteiger partial charge in [0.05, 0.1) is 28.3 Å². The van der Waals surface area contributed by atoms with Gasteiger partial charge in [-0.1, -0.05) is 12.1 Å². The first-order valence-corrected chi connectivity index (χ1v) is 10.1. The summed E-state index contributed by atoms with van der Waals surface area (Å²) in [7, 11) is -3.95. The number of amides is 3. The SMILES string of the molecule is CC(=O)Nc1ccc(S(=O)(=O)N/N=C(\C)CN2C(=O)c3ccccc3C2=O)cc1. The molecule has 0 aromatic heterocycles. The third-order valence-electron chi connectivity index (χ3n) is 4.11. The van der Waals surface area contributed by atoms with Gasteiger partial charge in [0.15, 0.2) is 0 Å². The van der Waals surface area contributed by atoms with Gasteiger partial charge in [0.1, 0.15) is 0 Å². The molecule has 1 heterocycles. The molecular weight excluding hydrogens is 396 g/mol. The van der Waals surface area contributed by atoms with Gasteiger partial charge in [0, 0.05) is 12.6 Å². The maximum Gasteiger partial charge on any atom is 0.276 e. The molecule has 0 atom stereocenters. The van der Waals surface area contributed by atoms with Crippen LogP contribution in [0.4, 0.5) is 5.69 Å². The largest absolute Gasteiger partial charge is 0.326 e. The van der Waals surface area contributed by atoms with Crippen molar-refractivity contribution < 1.29 is 22.8 Å². The summed E-state index contributed by atoms with van der Waals surface area (Å²) in [5, 5.41) is 6.34. The molecule has 0 radical (unpaired) electrons. The number of carbonyl (C=O) groups is 3. The van der Waals surface area contributed by atoms with Crippen molar-refractivity contribution in [3.63, 3.8) is 0 Å². The molecule has 0 unspecified atom stereocenters. The third kappa shape index (κ3) is 4.32. The Hall–Kier alpha value is -3.53. The number of nitrogens with zero attached hydrogens (tertiary/aromatic N) is 2. The van der Waals surface area contributed by atoms with Gasteiger partial charge in [-0.15, -0.1) is 0 Å². The van der Waals surface area contributed by atoms with Crippen molar-refractivity contribution >= 4 is 39.1 Å². The summed E-state index contributed by atoms with van der Waals surface area (Å²) in [4.78, 5) is 38.8. The number of carbonyl (C=O) groups excluding carboxylic acids is 3. The number of fused-ring (bicyclic) bond motifs is 1. The normalized spacial score (nSPS) is 14.0. The lowest BCUT2D eigenvalue weighted by molar-refractivity contribution is -0.114. The van der Waals surface area contributed by atoms with E-state index in [2.05, 4.69) is 15.2 Å². The van der Waals surface area contributed by atoms with Crippen molar-refractivity contribution in [2.75, 3.05) is 11.9 Å². The maximum atomic E-state index is 12.4. The van der Waals surface area contributed by atoms with Crippen LogP contribution < -0.4 is 10.1 Å². The first kappa shape index (κ1) is 20.2. The van der Waals surface area contributed by atoms with Crippen LogP contribution in [-0.2, 0) is 14.8 Å². The average Bonchev–Trinajstić information content (AvgIpc) is 2.92. The Kier molecular flexibility index (Phi) is 5.46. The van der Waals surface area contributed by atoms with Crippen LogP contribution in [0.25, 0.3) is 0 Å². The van der Waals surface area contributed by atoms with Crippen molar-refractivity contribution in [2.45, 2.75) is 18.7 Å². The minimum atomic E-state index is -3.95. The summed E-state index contributed by atoms with van der Waals surface area (Å²) in [5.74, 6) is -1.17. The molecule has 3 rings (SSSR count). The number of hydrazone groups is 1. The molecule has 150 valence electrons. The van der Waals surface area contributed by atoms with Gasteiger partial charge in [0.2, 0.25) is 5.91 Å². The monoisotopic (exact) mass is 414 g/mol. The summed E-state index contributed by atoms with van der Waals surface area (Å²) in [6.45, 7) is 2.71. The van der Waals surface area contributed by atoms with Crippen LogP contribution in [0.2, 0.25) is 0 Å². The summed E-state index contributed by atoms with van der Waals surface area (Å²) in [6, 6.07) is 12.0. The van der Waals surface area contributed by atoms with E-state index < -0.39 is 21.8 Å². The Morgan fingerprint density at radius 1 is 0.966 bits per heavy atom. The highest BCUT2D eigenvalue weighted by atomic mass is 32.2. The highest BCUT2D eigenvalue weighted by molar-refractivity contribution is 7.89. The smallest absolute Gasteiger partial charge is 0.276 e. The quantitative estimate of drug-likeness (QED) is 0.422. The second kappa shape index (κ2) is 7.84. The molecule has 10 heteroatoms. The van der Waals surface area contributed by atoms with Crippen molar-refractivity contribution in [3.8, 4) is 0 Å². The van der Waals surface area contributed by atoms with Crippen molar-refractivity contribution in [2.24, 2.45) is 5.10 Å². The van der Waals surface area contributed by atoms with Crippen LogP contribution in [0.3, 0.4) is 0 Å². The number of benzene rings is 2. The second-order valence-electron chi connectivity index (χ2n) is 6.39. The highest BCUT2D eigenvalue weighted by Gasteiger charge is 2.35. The number of hydrogen-bond donors (Lipinski definition) is 2. The van der Waals surface area contributed by atoms with Crippen molar-refractivity contribution in [1.82, 2.24) is 9.73 Å². The topological polar surface area (TPSA) is 125 Å². The number of anilines is 1. The Balaban J connectivity index is 1.69. The zero-order valence-electron chi connectivity index (χ0n) is 15.7. The number of hydrogen-bond acceptors (Lipinski definition) is 6. The number of rotatable bonds is 6. The van der Waals surface area contributed by atoms with E-state index in [1.807, 2.05) is 0 Å². The van der Waals surface area contributed by atoms with Crippen molar-refractivity contribution in [1.29, 1.82) is 0 Å². The summed E-state index contributed by atoms with van der Waals surface area (Å²) in [6.07, 6.45) is 0. The number of sulfonamides is 1. The third-order valence-corrected chi connectivity index (χ3v) is 5.33. The van der Waals surface area contributed by atoms with Crippen LogP contribution >= 0.6 is 0 Å². The molecule has 2 aromatic rings. The highest BCUT2D eigenvalue weighted by Crippen LogP contribution is 2.22. The fourth-order valence-corrected chi connectivity index (χ4v) is 3.63. The second-order valence-corrected chi connectivity index (χ2v) is 8.05. The fourth-order valence-electron chi connectivity index (χ4n) is 2.76. The van der Waals surface area contributed by atoms with Crippen LogP contribution in [0.15, 0.2) is 58.5 Å². The Morgan fingerprint density at radius 2 is 1.52 bits per heavy atom. The maximum absolute atomic E-state index is 12.4. The number of imide groups is 1. The zero-order chi connectivity index (χ0) is 21.2. The van der Waals surface area contributed by atoms with E-state index in [0.29, 0.717) is 16.8 Å². The van der Waals surface area contributed by atoms with Gasteiger partial charge in [-0.25, -0.2) is 4.83 Å². The molecule has 0 aliphatic carbocycles. The summed E-state index contributed by atoms with van der Waals surface area (Å²) >= 11 is 0. The van der Waals surface area contributed by atoms with Gasteiger partial charge < -0.3 is 5.32 Å². The molecule has 1 aliphatic heterocycles.